The summed E-state index contributed by atoms with van der Waals surface area (Å²) in [5.74, 6) is -0.428. The van der Waals surface area contributed by atoms with Crippen molar-refractivity contribution in [2.24, 2.45) is 5.92 Å². The second kappa shape index (κ2) is 12.3. The molecule has 2 heterocycles. The van der Waals surface area contributed by atoms with Gasteiger partial charge in [0.2, 0.25) is 0 Å². The van der Waals surface area contributed by atoms with Crippen LogP contribution in [0.15, 0.2) is 55.0 Å². The first-order valence-electron chi connectivity index (χ1n) is 9.24. The molecule has 7 nitrogen and oxygen atoms in total. The molecule has 11 heteroatoms. The van der Waals surface area contributed by atoms with Crippen molar-refractivity contribution in [1.29, 1.82) is 0 Å². The molecule has 1 aromatic carbocycles. The van der Waals surface area contributed by atoms with Crippen LogP contribution in [-0.4, -0.2) is 48.4 Å². The number of aliphatic hydroxyl groups excluding tert-OH is 2. The number of hydrogen-bond acceptors (Lipinski definition) is 6. The Morgan fingerprint density at radius 1 is 1.06 bits per heavy atom. The first-order chi connectivity index (χ1) is 13.6. The predicted molar refractivity (Wildman–Crippen MR) is 122 cm³/mol. The van der Waals surface area contributed by atoms with Gasteiger partial charge in [-0.05, 0) is 36.2 Å². The van der Waals surface area contributed by atoms with Crippen LogP contribution in [0.1, 0.15) is 12.0 Å². The number of nitrogens with one attached hydrogen (secondary N) is 1. The van der Waals surface area contributed by atoms with Crippen molar-refractivity contribution in [1.82, 2.24) is 25.3 Å². The van der Waals surface area contributed by atoms with Gasteiger partial charge in [0.1, 0.15) is 11.5 Å². The SMILES string of the molecule is Cl.Cl.Cl.O[C@@H]1[C@@H](Cn2cc(-c3cccnc3)nn2)C[C@@H](NCc2ccc(F)cc2)[C@@H]1O. The van der Waals surface area contributed by atoms with E-state index in [1.165, 1.54) is 12.1 Å². The molecule has 3 aromatic rings. The Morgan fingerprint density at radius 2 is 1.81 bits per heavy atom. The molecule has 0 unspecified atom stereocenters. The number of nitrogens with zero attached hydrogens (tertiary/aromatic N) is 4. The molecule has 3 N–H and O–H groups in total. The normalized spacial score (nSPS) is 22.2. The largest absolute Gasteiger partial charge is 0.390 e. The van der Waals surface area contributed by atoms with E-state index in [4.69, 9.17) is 0 Å². The van der Waals surface area contributed by atoms with Gasteiger partial charge < -0.3 is 15.5 Å². The van der Waals surface area contributed by atoms with Gasteiger partial charge >= 0.3 is 0 Å². The van der Waals surface area contributed by atoms with E-state index >= 15 is 0 Å². The molecular formula is C20H25Cl3FN5O2. The van der Waals surface area contributed by atoms with Gasteiger partial charge in [-0.3, -0.25) is 9.67 Å². The van der Waals surface area contributed by atoms with Gasteiger partial charge in [0.15, 0.2) is 0 Å². The summed E-state index contributed by atoms with van der Waals surface area (Å²) in [6.07, 6.45) is 4.12. The third kappa shape index (κ3) is 6.58. The maximum absolute atomic E-state index is 13.0. The number of hydrogen-bond donors (Lipinski definition) is 3. The third-order valence-electron chi connectivity index (χ3n) is 5.20. The zero-order valence-corrected chi connectivity index (χ0v) is 18.9. The van der Waals surface area contributed by atoms with Gasteiger partial charge in [0.25, 0.3) is 0 Å². The fourth-order valence-electron chi connectivity index (χ4n) is 3.63. The molecule has 1 aliphatic carbocycles. The molecule has 4 rings (SSSR count). The van der Waals surface area contributed by atoms with Gasteiger partial charge in [0.05, 0.1) is 18.4 Å². The van der Waals surface area contributed by atoms with Crippen molar-refractivity contribution in [2.45, 2.75) is 37.8 Å². The molecule has 0 saturated heterocycles. The standard InChI is InChI=1S/C20H22FN5O2.3ClH/c21-16-5-3-13(4-6-16)9-23-17-8-15(19(27)20(17)28)11-26-12-18(24-25-26)14-2-1-7-22-10-14;;;/h1-7,10,12,15,17,19-20,23,27-28H,8-9,11H2;3*1H/t15-,17-,19-,20+;;;/m1.../s1. The number of benzene rings is 1. The fourth-order valence-corrected chi connectivity index (χ4v) is 3.63. The Kier molecular flexibility index (Phi) is 10.8. The fraction of sp³-hybridized carbons (Fsp3) is 0.350. The molecule has 0 bridgehead atoms. The topological polar surface area (TPSA) is 96.1 Å². The zero-order chi connectivity index (χ0) is 19.5. The summed E-state index contributed by atoms with van der Waals surface area (Å²) in [4.78, 5) is 4.08. The number of aromatic nitrogens is 4. The minimum atomic E-state index is -0.869. The maximum atomic E-state index is 13.0. The average Bonchev–Trinajstić information content (AvgIpc) is 3.29. The Hall–Kier alpha value is -1.81. The quantitative estimate of drug-likeness (QED) is 0.490. The minimum absolute atomic E-state index is 0. The molecular weight excluding hydrogens is 468 g/mol. The van der Waals surface area contributed by atoms with Crippen molar-refractivity contribution >= 4 is 37.2 Å². The van der Waals surface area contributed by atoms with Crippen molar-refractivity contribution in [2.75, 3.05) is 0 Å². The second-order valence-corrected chi connectivity index (χ2v) is 7.16. The number of halogens is 4. The van der Waals surface area contributed by atoms with Crippen LogP contribution in [0.2, 0.25) is 0 Å². The van der Waals surface area contributed by atoms with Crippen LogP contribution in [0.5, 0.6) is 0 Å². The summed E-state index contributed by atoms with van der Waals surface area (Å²) in [6.45, 7) is 0.955. The van der Waals surface area contributed by atoms with E-state index in [9.17, 15) is 14.6 Å². The van der Waals surface area contributed by atoms with Gasteiger partial charge in [-0.2, -0.15) is 0 Å². The zero-order valence-electron chi connectivity index (χ0n) is 16.4. The lowest BCUT2D eigenvalue weighted by Gasteiger charge is -2.18. The molecule has 1 saturated carbocycles. The molecule has 0 amide bonds. The molecule has 4 atom stereocenters. The van der Waals surface area contributed by atoms with Crippen molar-refractivity contribution in [3.05, 3.63) is 66.4 Å². The van der Waals surface area contributed by atoms with Gasteiger partial charge in [0, 0.05) is 43.0 Å². The van der Waals surface area contributed by atoms with E-state index in [0.717, 1.165) is 11.1 Å². The number of rotatable bonds is 6. The first kappa shape index (κ1) is 27.2. The Morgan fingerprint density at radius 3 is 2.48 bits per heavy atom. The van der Waals surface area contributed by atoms with E-state index in [-0.39, 0.29) is 55.0 Å². The van der Waals surface area contributed by atoms with Gasteiger partial charge in [-0.1, -0.05) is 17.3 Å². The predicted octanol–water partition coefficient (Wildman–Crippen LogP) is 2.64. The monoisotopic (exact) mass is 491 g/mol. The third-order valence-corrected chi connectivity index (χ3v) is 5.20. The lowest BCUT2D eigenvalue weighted by atomic mass is 10.1. The highest BCUT2D eigenvalue weighted by Gasteiger charge is 2.41. The van der Waals surface area contributed by atoms with Crippen molar-refractivity contribution < 1.29 is 14.6 Å². The first-order valence-corrected chi connectivity index (χ1v) is 9.24. The minimum Gasteiger partial charge on any atom is -0.390 e. The lowest BCUT2D eigenvalue weighted by molar-refractivity contribution is 0.00722. The number of aliphatic hydroxyl groups is 2. The average molecular weight is 493 g/mol. The molecule has 1 aliphatic rings. The highest BCUT2D eigenvalue weighted by Crippen LogP contribution is 2.29. The molecule has 170 valence electrons. The lowest BCUT2D eigenvalue weighted by Crippen LogP contribution is -2.39. The van der Waals surface area contributed by atoms with E-state index in [2.05, 4.69) is 20.6 Å². The molecule has 2 aromatic heterocycles. The van der Waals surface area contributed by atoms with E-state index < -0.39 is 12.2 Å². The summed E-state index contributed by atoms with van der Waals surface area (Å²) in [6, 6.07) is 9.72. The Balaban J connectivity index is 0.00000160. The summed E-state index contributed by atoms with van der Waals surface area (Å²) in [5.41, 5.74) is 2.51. The van der Waals surface area contributed by atoms with Crippen molar-refractivity contribution in [3.63, 3.8) is 0 Å². The maximum Gasteiger partial charge on any atom is 0.123 e. The highest BCUT2D eigenvalue weighted by molar-refractivity contribution is 5.86. The summed E-state index contributed by atoms with van der Waals surface area (Å²) < 4.78 is 14.7. The van der Waals surface area contributed by atoms with Crippen LogP contribution >= 0.6 is 37.2 Å². The van der Waals surface area contributed by atoms with Crippen LogP contribution in [0, 0.1) is 11.7 Å². The van der Waals surface area contributed by atoms with E-state index in [0.29, 0.717) is 25.2 Å². The van der Waals surface area contributed by atoms with Crippen molar-refractivity contribution in [3.8, 4) is 11.3 Å². The second-order valence-electron chi connectivity index (χ2n) is 7.16. The molecule has 31 heavy (non-hydrogen) atoms. The summed E-state index contributed by atoms with van der Waals surface area (Å²) >= 11 is 0. The summed E-state index contributed by atoms with van der Waals surface area (Å²) in [5, 5.41) is 32.4. The highest BCUT2D eigenvalue weighted by atomic mass is 35.5. The van der Waals surface area contributed by atoms with Crippen LogP contribution in [-0.2, 0) is 13.1 Å². The molecule has 0 aliphatic heterocycles. The van der Waals surface area contributed by atoms with E-state index in [1.807, 2.05) is 18.3 Å². The van der Waals surface area contributed by atoms with Crippen LogP contribution in [0.25, 0.3) is 11.3 Å². The molecule has 0 radical (unpaired) electrons. The van der Waals surface area contributed by atoms with Gasteiger partial charge in [-0.15, -0.1) is 42.3 Å². The van der Waals surface area contributed by atoms with Crippen LogP contribution in [0.3, 0.4) is 0 Å². The van der Waals surface area contributed by atoms with Gasteiger partial charge in [-0.25, -0.2) is 4.39 Å². The van der Waals surface area contributed by atoms with Crippen LogP contribution in [0.4, 0.5) is 4.39 Å². The Bertz CT molecular complexity index is 917. The number of pyridine rings is 1. The Labute approximate surface area is 198 Å². The smallest absolute Gasteiger partial charge is 0.123 e. The van der Waals surface area contributed by atoms with Crippen LogP contribution < -0.4 is 5.32 Å². The molecule has 0 spiro atoms. The van der Waals surface area contributed by atoms with E-state index in [1.54, 1.807) is 29.2 Å². The summed E-state index contributed by atoms with van der Waals surface area (Å²) in [7, 11) is 0. The molecule has 1 fully saturated rings.